The molecule has 0 bridgehead atoms. The predicted octanol–water partition coefficient (Wildman–Crippen LogP) is 3.35. The van der Waals surface area contributed by atoms with Crippen LogP contribution in [-0.2, 0) is 6.42 Å². The first-order valence-electron chi connectivity index (χ1n) is 8.76. The Morgan fingerprint density at radius 3 is 2.19 bits per heavy atom. The van der Waals surface area contributed by atoms with E-state index >= 15 is 0 Å². The van der Waals surface area contributed by atoms with Crippen molar-refractivity contribution in [2.45, 2.75) is 13.3 Å². The van der Waals surface area contributed by atoms with Crippen LogP contribution < -0.4 is 0 Å². The lowest BCUT2D eigenvalue weighted by Gasteiger charge is -2.35. The van der Waals surface area contributed by atoms with E-state index in [9.17, 15) is 19.1 Å². The summed E-state index contributed by atoms with van der Waals surface area (Å²) in [4.78, 5) is 28.4. The van der Waals surface area contributed by atoms with Gasteiger partial charge in [-0.3, -0.25) is 9.59 Å². The number of carbonyl (C=O) groups excluding carboxylic acids is 2. The molecule has 0 radical (unpaired) electrons. The molecule has 1 heterocycles. The number of nitrogens with zero attached hydrogens (tertiary/aromatic N) is 2. The van der Waals surface area contributed by atoms with E-state index in [0.29, 0.717) is 18.1 Å². The molecule has 1 aliphatic rings. The van der Waals surface area contributed by atoms with Crippen molar-refractivity contribution in [3.05, 3.63) is 63.9 Å². The van der Waals surface area contributed by atoms with E-state index < -0.39 is 11.7 Å². The third-order valence-corrected chi connectivity index (χ3v) is 4.95. The van der Waals surface area contributed by atoms with Crippen molar-refractivity contribution in [2.24, 2.45) is 0 Å². The fourth-order valence-electron chi connectivity index (χ4n) is 3.09. The lowest BCUT2D eigenvalue weighted by atomic mass is 10.1. The fraction of sp³-hybridized carbons (Fsp3) is 0.300. The number of rotatable bonds is 3. The van der Waals surface area contributed by atoms with Gasteiger partial charge in [-0.1, -0.05) is 24.6 Å². The van der Waals surface area contributed by atoms with E-state index in [2.05, 4.69) is 0 Å². The number of aryl methyl sites for hydroxylation is 1. The first-order chi connectivity index (χ1) is 12.9. The zero-order valence-electron chi connectivity index (χ0n) is 14.9. The van der Waals surface area contributed by atoms with E-state index in [1.807, 2.05) is 6.92 Å². The number of halogens is 2. The number of carbonyl (C=O) groups is 2. The highest BCUT2D eigenvalue weighted by Gasteiger charge is 2.28. The van der Waals surface area contributed by atoms with Gasteiger partial charge >= 0.3 is 0 Å². The summed E-state index contributed by atoms with van der Waals surface area (Å²) in [5.74, 6) is -1.40. The second kappa shape index (κ2) is 7.96. The summed E-state index contributed by atoms with van der Waals surface area (Å²) in [6, 6.07) is 8.86. The Bertz CT molecular complexity index is 880. The highest BCUT2D eigenvalue weighted by Crippen LogP contribution is 2.22. The summed E-state index contributed by atoms with van der Waals surface area (Å²) < 4.78 is 13.9. The lowest BCUT2D eigenvalue weighted by molar-refractivity contribution is 0.0531. The highest BCUT2D eigenvalue weighted by molar-refractivity contribution is 6.31. The van der Waals surface area contributed by atoms with E-state index in [1.165, 1.54) is 29.2 Å². The van der Waals surface area contributed by atoms with Crippen LogP contribution in [0.4, 0.5) is 4.39 Å². The van der Waals surface area contributed by atoms with Crippen LogP contribution in [-0.4, -0.2) is 52.9 Å². The van der Waals surface area contributed by atoms with Crippen LogP contribution in [0.5, 0.6) is 5.75 Å². The van der Waals surface area contributed by atoms with Crippen molar-refractivity contribution in [1.29, 1.82) is 0 Å². The molecule has 0 unspecified atom stereocenters. The van der Waals surface area contributed by atoms with Crippen LogP contribution in [0.15, 0.2) is 36.4 Å². The van der Waals surface area contributed by atoms with E-state index in [4.69, 9.17) is 11.6 Å². The molecule has 0 spiro atoms. The van der Waals surface area contributed by atoms with Crippen LogP contribution in [0.25, 0.3) is 0 Å². The quantitative estimate of drug-likeness (QED) is 0.874. The molecule has 0 aliphatic carbocycles. The number of hydrogen-bond acceptors (Lipinski definition) is 3. The van der Waals surface area contributed by atoms with Gasteiger partial charge in [-0.05, 0) is 42.3 Å². The molecule has 142 valence electrons. The summed E-state index contributed by atoms with van der Waals surface area (Å²) >= 11 is 5.86. The minimum Gasteiger partial charge on any atom is -0.507 e. The Morgan fingerprint density at radius 2 is 1.59 bits per heavy atom. The number of aromatic hydroxyl groups is 1. The number of phenolic OH excluding ortho intramolecular Hbond substituents is 1. The third kappa shape index (κ3) is 4.06. The molecule has 1 aliphatic heterocycles. The van der Waals surface area contributed by atoms with Crippen LogP contribution in [0.2, 0.25) is 5.02 Å². The molecule has 1 N–H and O–H groups in total. The van der Waals surface area contributed by atoms with E-state index in [0.717, 1.165) is 12.0 Å². The molecule has 3 rings (SSSR count). The molecule has 2 amide bonds. The van der Waals surface area contributed by atoms with Gasteiger partial charge in [-0.15, -0.1) is 0 Å². The second-order valence-corrected chi connectivity index (χ2v) is 6.85. The average Bonchev–Trinajstić information content (AvgIpc) is 2.69. The van der Waals surface area contributed by atoms with Gasteiger partial charge in [0.05, 0.1) is 11.1 Å². The highest BCUT2D eigenvalue weighted by atomic mass is 35.5. The molecule has 0 aromatic heterocycles. The first-order valence-corrected chi connectivity index (χ1v) is 9.14. The molecule has 27 heavy (non-hydrogen) atoms. The molecule has 0 atom stereocenters. The third-order valence-electron chi connectivity index (χ3n) is 4.71. The Balaban J connectivity index is 1.69. The maximum absolute atomic E-state index is 13.9. The molecule has 2 aromatic rings. The van der Waals surface area contributed by atoms with Gasteiger partial charge in [-0.2, -0.15) is 0 Å². The van der Waals surface area contributed by atoms with Crippen molar-refractivity contribution in [1.82, 2.24) is 9.80 Å². The van der Waals surface area contributed by atoms with Gasteiger partial charge in [0.25, 0.3) is 11.8 Å². The SMILES string of the molecule is CCc1ccc(O)c(C(=O)N2CCN(C(=O)c3cc(Cl)ccc3F)CC2)c1. The van der Waals surface area contributed by atoms with Crippen LogP contribution in [0.1, 0.15) is 33.2 Å². The number of amides is 2. The summed E-state index contributed by atoms with van der Waals surface area (Å²) in [6.45, 7) is 3.15. The zero-order valence-corrected chi connectivity index (χ0v) is 15.7. The summed E-state index contributed by atoms with van der Waals surface area (Å²) in [5, 5.41) is 10.3. The lowest BCUT2D eigenvalue weighted by Crippen LogP contribution is -2.50. The zero-order chi connectivity index (χ0) is 19.6. The smallest absolute Gasteiger partial charge is 0.257 e. The van der Waals surface area contributed by atoms with Gasteiger partial charge < -0.3 is 14.9 Å². The van der Waals surface area contributed by atoms with Crippen LogP contribution in [0.3, 0.4) is 0 Å². The molecule has 1 saturated heterocycles. The van der Waals surface area contributed by atoms with Gasteiger partial charge in [0.2, 0.25) is 0 Å². The van der Waals surface area contributed by atoms with E-state index in [1.54, 1.807) is 17.0 Å². The second-order valence-electron chi connectivity index (χ2n) is 6.41. The van der Waals surface area contributed by atoms with Crippen molar-refractivity contribution < 1.29 is 19.1 Å². The molecule has 7 heteroatoms. The summed E-state index contributed by atoms with van der Waals surface area (Å²) in [5.41, 5.74) is 1.15. The minimum atomic E-state index is -0.621. The Hall–Kier alpha value is -2.60. The predicted molar refractivity (Wildman–Crippen MR) is 101 cm³/mol. The van der Waals surface area contributed by atoms with Gasteiger partial charge in [-0.25, -0.2) is 4.39 Å². The van der Waals surface area contributed by atoms with Crippen molar-refractivity contribution in [3.63, 3.8) is 0 Å². The molecule has 5 nitrogen and oxygen atoms in total. The molecule has 0 saturated carbocycles. The number of piperazine rings is 1. The molecule has 1 fully saturated rings. The van der Waals surface area contributed by atoms with E-state index in [-0.39, 0.29) is 35.9 Å². The Labute approximate surface area is 162 Å². The average molecular weight is 391 g/mol. The van der Waals surface area contributed by atoms with Crippen molar-refractivity contribution in [2.75, 3.05) is 26.2 Å². The summed E-state index contributed by atoms with van der Waals surface area (Å²) in [6.07, 6.45) is 0.758. The fourth-order valence-corrected chi connectivity index (χ4v) is 3.26. The number of hydrogen-bond donors (Lipinski definition) is 1. The number of phenols is 1. The summed E-state index contributed by atoms with van der Waals surface area (Å²) in [7, 11) is 0. The standard InChI is InChI=1S/C20H20ClFN2O3/c1-2-13-3-6-18(25)16(11-13)20(27)24-9-7-23(8-10-24)19(26)15-12-14(21)4-5-17(15)22/h3-6,11-12,25H,2,7-10H2,1H3. The molecular formula is C20H20ClFN2O3. The normalized spacial score (nSPS) is 14.3. The Morgan fingerprint density at radius 1 is 1.00 bits per heavy atom. The molecule has 2 aromatic carbocycles. The monoisotopic (exact) mass is 390 g/mol. The van der Waals surface area contributed by atoms with Crippen molar-refractivity contribution >= 4 is 23.4 Å². The first kappa shape index (κ1) is 19.2. The number of benzene rings is 2. The van der Waals surface area contributed by atoms with Gasteiger partial charge in [0.1, 0.15) is 11.6 Å². The maximum atomic E-state index is 13.9. The van der Waals surface area contributed by atoms with Gasteiger partial charge in [0.15, 0.2) is 0 Å². The molecular weight excluding hydrogens is 371 g/mol. The van der Waals surface area contributed by atoms with Gasteiger partial charge in [0, 0.05) is 31.2 Å². The maximum Gasteiger partial charge on any atom is 0.257 e. The minimum absolute atomic E-state index is 0.0586. The van der Waals surface area contributed by atoms with Crippen molar-refractivity contribution in [3.8, 4) is 5.75 Å². The largest absolute Gasteiger partial charge is 0.507 e. The van der Waals surface area contributed by atoms with Crippen LogP contribution in [0, 0.1) is 5.82 Å². The topological polar surface area (TPSA) is 60.9 Å². The Kier molecular flexibility index (Phi) is 5.65. The van der Waals surface area contributed by atoms with Crippen LogP contribution >= 0.6 is 11.6 Å².